The summed E-state index contributed by atoms with van der Waals surface area (Å²) >= 11 is 0. The van der Waals surface area contributed by atoms with E-state index in [9.17, 15) is 9.59 Å². The topological polar surface area (TPSA) is 49.4 Å². The molecule has 128 valence electrons. The Hall–Kier alpha value is -2.62. The number of anilines is 2. The summed E-state index contributed by atoms with van der Waals surface area (Å²) in [5, 5.41) is 2.96. The molecule has 1 aliphatic heterocycles. The number of hydrogen-bond acceptors (Lipinski definition) is 2. The van der Waals surface area contributed by atoms with E-state index in [1.54, 1.807) is 0 Å². The zero-order valence-corrected chi connectivity index (χ0v) is 14.4. The summed E-state index contributed by atoms with van der Waals surface area (Å²) in [7, 11) is 0. The zero-order valence-electron chi connectivity index (χ0n) is 14.4. The number of carbonyl (C=O) groups is 2. The van der Waals surface area contributed by atoms with Crippen LogP contribution in [0.2, 0.25) is 0 Å². The zero-order chi connectivity index (χ0) is 17.4. The Morgan fingerprint density at radius 1 is 1.08 bits per heavy atom. The molecule has 0 spiro atoms. The quantitative estimate of drug-likeness (QED) is 0.924. The van der Waals surface area contributed by atoms with Crippen molar-refractivity contribution in [1.29, 1.82) is 0 Å². The average molecular weight is 334 g/mol. The number of hydrogen-bond donors (Lipinski definition) is 1. The van der Waals surface area contributed by atoms with Crippen LogP contribution in [0.1, 0.15) is 40.7 Å². The molecule has 1 saturated carbocycles. The van der Waals surface area contributed by atoms with Gasteiger partial charge in [-0.1, -0.05) is 23.8 Å². The largest absolute Gasteiger partial charge is 0.322 e. The van der Waals surface area contributed by atoms with Crippen LogP contribution in [0.15, 0.2) is 42.5 Å². The van der Waals surface area contributed by atoms with Crippen molar-refractivity contribution < 1.29 is 9.59 Å². The first-order valence-corrected chi connectivity index (χ1v) is 8.94. The molecule has 2 amide bonds. The van der Waals surface area contributed by atoms with Gasteiger partial charge in [0.2, 0.25) is 5.91 Å². The molecule has 0 aromatic heterocycles. The molecule has 0 bridgehead atoms. The Morgan fingerprint density at radius 2 is 1.84 bits per heavy atom. The number of fused-ring (bicyclic) bond motifs is 1. The van der Waals surface area contributed by atoms with E-state index in [1.807, 2.05) is 54.3 Å². The van der Waals surface area contributed by atoms with Gasteiger partial charge in [-0.25, -0.2) is 0 Å². The number of rotatable bonds is 3. The van der Waals surface area contributed by atoms with Crippen LogP contribution >= 0.6 is 0 Å². The van der Waals surface area contributed by atoms with E-state index in [1.165, 1.54) is 5.56 Å². The third-order valence-corrected chi connectivity index (χ3v) is 4.97. The Balaban J connectivity index is 1.57. The molecule has 0 saturated heterocycles. The fourth-order valence-corrected chi connectivity index (χ4v) is 3.34. The number of carbonyl (C=O) groups excluding carboxylic acids is 2. The minimum atomic E-state index is -0.129. The fraction of sp³-hybridized carbons (Fsp3) is 0.333. The maximum atomic E-state index is 12.5. The Kier molecular flexibility index (Phi) is 4.04. The maximum Gasteiger partial charge on any atom is 0.255 e. The predicted molar refractivity (Wildman–Crippen MR) is 99.0 cm³/mol. The third-order valence-electron chi connectivity index (χ3n) is 4.97. The van der Waals surface area contributed by atoms with Gasteiger partial charge in [-0.3, -0.25) is 9.59 Å². The van der Waals surface area contributed by atoms with Gasteiger partial charge in [0.15, 0.2) is 0 Å². The van der Waals surface area contributed by atoms with Crippen LogP contribution in [-0.2, 0) is 11.2 Å². The second-order valence-corrected chi connectivity index (χ2v) is 7.03. The molecule has 2 aliphatic rings. The summed E-state index contributed by atoms with van der Waals surface area (Å²) in [6.45, 7) is 2.77. The summed E-state index contributed by atoms with van der Waals surface area (Å²) in [6.07, 6.45) is 4.00. The number of aryl methyl sites for hydroxylation is 2. The van der Waals surface area contributed by atoms with Crippen molar-refractivity contribution in [1.82, 2.24) is 0 Å². The van der Waals surface area contributed by atoms with Crippen molar-refractivity contribution >= 4 is 23.2 Å². The number of benzene rings is 2. The highest BCUT2D eigenvalue weighted by Gasteiger charge is 2.35. The fourth-order valence-electron chi connectivity index (χ4n) is 3.34. The molecule has 0 radical (unpaired) electrons. The molecule has 1 N–H and O–H groups in total. The first-order chi connectivity index (χ1) is 12.1. The summed E-state index contributed by atoms with van der Waals surface area (Å²) in [5.74, 6) is 0.315. The van der Waals surface area contributed by atoms with Gasteiger partial charge in [0.1, 0.15) is 0 Å². The minimum absolute atomic E-state index is 0.129. The Bertz CT molecular complexity index is 822. The van der Waals surface area contributed by atoms with Crippen molar-refractivity contribution in [3.8, 4) is 0 Å². The molecule has 2 aromatic rings. The van der Waals surface area contributed by atoms with Gasteiger partial charge in [-0.2, -0.15) is 0 Å². The second-order valence-electron chi connectivity index (χ2n) is 7.03. The molecule has 0 unspecified atom stereocenters. The van der Waals surface area contributed by atoms with Gasteiger partial charge >= 0.3 is 0 Å². The molecule has 1 fully saturated rings. The summed E-state index contributed by atoms with van der Waals surface area (Å²) in [4.78, 5) is 26.9. The van der Waals surface area contributed by atoms with E-state index in [4.69, 9.17) is 0 Å². The predicted octanol–water partition coefficient (Wildman–Crippen LogP) is 3.94. The molecular formula is C21H22N2O2. The van der Waals surface area contributed by atoms with Crippen molar-refractivity contribution in [3.05, 3.63) is 59.2 Å². The van der Waals surface area contributed by atoms with E-state index < -0.39 is 0 Å². The lowest BCUT2D eigenvalue weighted by Crippen LogP contribution is -2.36. The standard InChI is InChI=1S/C21H22N2O2/c1-14-4-6-16(7-5-14)20(24)22-18-11-10-15-3-2-12-23(19(15)13-18)21(25)17-8-9-17/h4-7,10-11,13,17H,2-3,8-9,12H2,1H3,(H,22,24). The smallest absolute Gasteiger partial charge is 0.255 e. The molecule has 25 heavy (non-hydrogen) atoms. The van der Waals surface area contributed by atoms with Crippen molar-refractivity contribution in [3.63, 3.8) is 0 Å². The molecule has 2 aromatic carbocycles. The van der Waals surface area contributed by atoms with Gasteiger partial charge in [0.25, 0.3) is 5.91 Å². The minimum Gasteiger partial charge on any atom is -0.322 e. The van der Waals surface area contributed by atoms with E-state index in [2.05, 4.69) is 5.32 Å². The molecule has 4 nitrogen and oxygen atoms in total. The molecule has 4 heteroatoms. The Morgan fingerprint density at radius 3 is 2.56 bits per heavy atom. The third kappa shape index (κ3) is 3.29. The van der Waals surface area contributed by atoms with Gasteiger partial charge in [0.05, 0.1) is 0 Å². The van der Waals surface area contributed by atoms with E-state index >= 15 is 0 Å². The first-order valence-electron chi connectivity index (χ1n) is 8.94. The molecular weight excluding hydrogens is 312 g/mol. The van der Waals surface area contributed by atoms with Crippen LogP contribution in [0.25, 0.3) is 0 Å². The lowest BCUT2D eigenvalue weighted by atomic mass is 10.0. The number of nitrogens with zero attached hydrogens (tertiary/aromatic N) is 1. The van der Waals surface area contributed by atoms with E-state index in [0.717, 1.165) is 49.2 Å². The Labute approximate surface area is 147 Å². The highest BCUT2D eigenvalue weighted by molar-refractivity contribution is 6.05. The lowest BCUT2D eigenvalue weighted by molar-refractivity contribution is -0.119. The number of amides is 2. The summed E-state index contributed by atoms with van der Waals surface area (Å²) in [6, 6.07) is 13.4. The molecule has 0 atom stereocenters. The van der Waals surface area contributed by atoms with Crippen LogP contribution in [0.5, 0.6) is 0 Å². The highest BCUT2D eigenvalue weighted by Crippen LogP contribution is 2.36. The van der Waals surface area contributed by atoms with Crippen LogP contribution in [-0.4, -0.2) is 18.4 Å². The summed E-state index contributed by atoms with van der Waals surface area (Å²) in [5.41, 5.74) is 4.65. The maximum absolute atomic E-state index is 12.5. The molecule has 1 heterocycles. The van der Waals surface area contributed by atoms with Gasteiger partial charge < -0.3 is 10.2 Å². The SMILES string of the molecule is Cc1ccc(C(=O)Nc2ccc3c(c2)N(C(=O)C2CC2)CCC3)cc1. The summed E-state index contributed by atoms with van der Waals surface area (Å²) < 4.78 is 0. The van der Waals surface area contributed by atoms with Crippen LogP contribution in [0.3, 0.4) is 0 Å². The monoisotopic (exact) mass is 334 g/mol. The van der Waals surface area contributed by atoms with Gasteiger partial charge in [0, 0.05) is 29.4 Å². The van der Waals surface area contributed by atoms with Gasteiger partial charge in [-0.05, 0) is 62.4 Å². The van der Waals surface area contributed by atoms with Gasteiger partial charge in [-0.15, -0.1) is 0 Å². The van der Waals surface area contributed by atoms with Crippen LogP contribution in [0.4, 0.5) is 11.4 Å². The van der Waals surface area contributed by atoms with Crippen LogP contribution < -0.4 is 10.2 Å². The van der Waals surface area contributed by atoms with E-state index in [0.29, 0.717) is 5.56 Å². The number of nitrogens with one attached hydrogen (secondary N) is 1. The average Bonchev–Trinajstić information content (AvgIpc) is 3.46. The van der Waals surface area contributed by atoms with Crippen molar-refractivity contribution in [2.75, 3.05) is 16.8 Å². The van der Waals surface area contributed by atoms with Crippen molar-refractivity contribution in [2.24, 2.45) is 5.92 Å². The second kappa shape index (κ2) is 6.36. The lowest BCUT2D eigenvalue weighted by Gasteiger charge is -2.30. The van der Waals surface area contributed by atoms with E-state index in [-0.39, 0.29) is 17.7 Å². The molecule has 1 aliphatic carbocycles. The van der Waals surface area contributed by atoms with Crippen LogP contribution in [0, 0.1) is 12.8 Å². The molecule has 4 rings (SSSR count). The highest BCUT2D eigenvalue weighted by atomic mass is 16.2. The normalized spacial score (nSPS) is 16.3. The first kappa shape index (κ1) is 15.9. The van der Waals surface area contributed by atoms with Crippen molar-refractivity contribution in [2.45, 2.75) is 32.6 Å².